The van der Waals surface area contributed by atoms with E-state index in [-0.39, 0.29) is 25.5 Å². The van der Waals surface area contributed by atoms with Crippen molar-refractivity contribution in [3.63, 3.8) is 0 Å². The molecule has 0 unspecified atom stereocenters. The molecule has 4 N–H and O–H groups in total. The summed E-state index contributed by atoms with van der Waals surface area (Å²) >= 11 is 1.43. The topological polar surface area (TPSA) is 156 Å². The summed E-state index contributed by atoms with van der Waals surface area (Å²) in [7, 11) is 0. The van der Waals surface area contributed by atoms with Crippen molar-refractivity contribution in [1.29, 1.82) is 0 Å². The van der Waals surface area contributed by atoms with E-state index in [1.807, 2.05) is 6.92 Å². The zero-order chi connectivity index (χ0) is 19.4. The number of amides is 1. The Morgan fingerprint density at radius 1 is 1.37 bits per heavy atom. The van der Waals surface area contributed by atoms with Gasteiger partial charge in [-0.1, -0.05) is 23.9 Å². The summed E-state index contributed by atoms with van der Waals surface area (Å²) in [6.07, 6.45) is -1.19. The molecule has 0 saturated heterocycles. The number of aromatic nitrogens is 5. The Labute approximate surface area is 159 Å². The number of thioether (sulfide) groups is 1. The first-order valence-corrected chi connectivity index (χ1v) is 9.63. The fraction of sp³-hybridized carbons (Fsp3) is 0.667. The molecule has 0 bridgehead atoms. The molecule has 1 aliphatic carbocycles. The maximum atomic E-state index is 10.9. The summed E-state index contributed by atoms with van der Waals surface area (Å²) < 4.78 is 6.83. The van der Waals surface area contributed by atoms with Gasteiger partial charge in [0.15, 0.2) is 22.1 Å². The number of hydrogen-bond acceptors (Lipinski definition) is 10. The van der Waals surface area contributed by atoms with Crippen molar-refractivity contribution in [2.24, 2.45) is 0 Å². The van der Waals surface area contributed by atoms with Gasteiger partial charge in [-0.05, 0) is 6.42 Å². The van der Waals surface area contributed by atoms with Gasteiger partial charge in [0, 0.05) is 12.2 Å². The van der Waals surface area contributed by atoms with Crippen LogP contribution in [0.15, 0.2) is 5.16 Å². The lowest BCUT2D eigenvalue weighted by atomic mass is 10.2. The van der Waals surface area contributed by atoms with E-state index in [1.54, 1.807) is 0 Å². The van der Waals surface area contributed by atoms with Crippen molar-refractivity contribution in [1.82, 2.24) is 25.0 Å². The maximum absolute atomic E-state index is 10.9. The van der Waals surface area contributed by atoms with Gasteiger partial charge in [0.25, 0.3) is 0 Å². The first-order valence-electron chi connectivity index (χ1n) is 8.65. The third kappa shape index (κ3) is 4.04. The number of carbonyl (C=O) groups excluding carboxylic acids is 1. The third-order valence-corrected chi connectivity index (χ3v) is 5.32. The van der Waals surface area contributed by atoms with Crippen molar-refractivity contribution in [2.45, 2.75) is 49.3 Å². The number of nitrogens with one attached hydrogen (secondary N) is 1. The van der Waals surface area contributed by atoms with Crippen LogP contribution in [0, 0.1) is 0 Å². The van der Waals surface area contributed by atoms with E-state index < -0.39 is 24.4 Å². The third-order valence-electron chi connectivity index (χ3n) is 4.27. The van der Waals surface area contributed by atoms with E-state index in [1.165, 1.54) is 16.4 Å². The molecule has 0 radical (unpaired) electrons. The minimum absolute atomic E-state index is 0.0622. The van der Waals surface area contributed by atoms with Crippen molar-refractivity contribution in [3.05, 3.63) is 0 Å². The molecule has 4 atom stereocenters. The molecule has 148 valence electrons. The highest BCUT2D eigenvalue weighted by Gasteiger charge is 2.44. The van der Waals surface area contributed by atoms with Crippen LogP contribution in [0.2, 0.25) is 0 Å². The summed E-state index contributed by atoms with van der Waals surface area (Å²) in [6, 6.07) is -0.614. The highest BCUT2D eigenvalue weighted by Crippen LogP contribution is 2.35. The Balaban J connectivity index is 1.96. The number of aliphatic hydroxyl groups is 3. The largest absolute Gasteiger partial charge is 0.394 e. The standard InChI is InChI=1S/C15H22N6O5S/c1-2-5-27-15-17-13(16-7-23)10-14(18-15)21(20-19-10)8-6-9(26-4-3-22)12(25)11(8)24/h7-9,11-12,22,24-25H,2-6H2,1H3,(H,16,17,18,23)/t8-,9+,11+,12-/m1/s1. The van der Waals surface area contributed by atoms with E-state index in [0.717, 1.165) is 12.2 Å². The second-order valence-electron chi connectivity index (χ2n) is 6.09. The first kappa shape index (κ1) is 19.9. The van der Waals surface area contributed by atoms with Crippen molar-refractivity contribution < 1.29 is 24.9 Å². The lowest BCUT2D eigenvalue weighted by Crippen LogP contribution is -2.33. The van der Waals surface area contributed by atoms with Crippen LogP contribution < -0.4 is 5.32 Å². The van der Waals surface area contributed by atoms with Crippen LogP contribution >= 0.6 is 11.8 Å². The van der Waals surface area contributed by atoms with E-state index in [0.29, 0.717) is 22.7 Å². The number of anilines is 1. The molecule has 2 aromatic rings. The predicted molar refractivity (Wildman–Crippen MR) is 96.3 cm³/mol. The van der Waals surface area contributed by atoms with Gasteiger partial charge in [0.2, 0.25) is 6.41 Å². The lowest BCUT2D eigenvalue weighted by Gasteiger charge is -2.17. The van der Waals surface area contributed by atoms with Crippen LogP contribution in [0.25, 0.3) is 11.2 Å². The molecule has 0 spiro atoms. The van der Waals surface area contributed by atoms with Crippen LogP contribution in [0.5, 0.6) is 0 Å². The number of carbonyl (C=O) groups is 1. The van der Waals surface area contributed by atoms with Gasteiger partial charge in [0.05, 0.1) is 25.4 Å². The maximum Gasteiger partial charge on any atom is 0.212 e. The van der Waals surface area contributed by atoms with Gasteiger partial charge in [0.1, 0.15) is 12.2 Å². The number of aliphatic hydroxyl groups excluding tert-OH is 3. The minimum atomic E-state index is -1.14. The van der Waals surface area contributed by atoms with Crippen molar-refractivity contribution >= 4 is 35.2 Å². The zero-order valence-corrected chi connectivity index (χ0v) is 15.5. The smallest absolute Gasteiger partial charge is 0.212 e. The highest BCUT2D eigenvalue weighted by atomic mass is 32.2. The molecule has 11 nitrogen and oxygen atoms in total. The Hall–Kier alpha value is -1.86. The molecule has 1 saturated carbocycles. The molecule has 0 aromatic carbocycles. The molecule has 1 aliphatic rings. The number of rotatable bonds is 9. The number of ether oxygens (including phenoxy) is 1. The van der Waals surface area contributed by atoms with E-state index >= 15 is 0 Å². The van der Waals surface area contributed by atoms with Crippen LogP contribution in [0.3, 0.4) is 0 Å². The van der Waals surface area contributed by atoms with Crippen LogP contribution in [0.4, 0.5) is 5.82 Å². The molecule has 1 amide bonds. The summed E-state index contributed by atoms with van der Waals surface area (Å²) in [5.41, 5.74) is 0.649. The molecule has 27 heavy (non-hydrogen) atoms. The first-order chi connectivity index (χ1) is 13.1. The van der Waals surface area contributed by atoms with E-state index in [9.17, 15) is 15.0 Å². The zero-order valence-electron chi connectivity index (χ0n) is 14.7. The average molecular weight is 398 g/mol. The van der Waals surface area contributed by atoms with Gasteiger partial charge in [-0.3, -0.25) is 4.79 Å². The van der Waals surface area contributed by atoms with E-state index in [2.05, 4.69) is 25.6 Å². The molecular weight excluding hydrogens is 376 g/mol. The Morgan fingerprint density at radius 2 is 2.19 bits per heavy atom. The van der Waals surface area contributed by atoms with Crippen LogP contribution in [-0.2, 0) is 9.53 Å². The molecule has 1 fully saturated rings. The van der Waals surface area contributed by atoms with Gasteiger partial charge < -0.3 is 25.4 Å². The highest BCUT2D eigenvalue weighted by molar-refractivity contribution is 7.99. The second kappa shape index (κ2) is 8.89. The van der Waals surface area contributed by atoms with Gasteiger partial charge in [-0.15, -0.1) is 5.10 Å². The SMILES string of the molecule is CCCSc1nc(NC=O)c2nnn([C@@H]3C[C@H](OCCO)[C@@H](O)[C@H]3O)c2n1. The van der Waals surface area contributed by atoms with E-state index in [4.69, 9.17) is 9.84 Å². The summed E-state index contributed by atoms with van der Waals surface area (Å²) in [5, 5.41) is 40.6. The second-order valence-corrected chi connectivity index (χ2v) is 7.15. The molecule has 3 rings (SSSR count). The molecule has 12 heteroatoms. The monoisotopic (exact) mass is 398 g/mol. The Kier molecular flexibility index (Phi) is 6.55. The average Bonchev–Trinajstić information content (AvgIpc) is 3.21. The van der Waals surface area contributed by atoms with Crippen LogP contribution in [0.1, 0.15) is 25.8 Å². The Bertz CT molecular complexity index is 789. The summed E-state index contributed by atoms with van der Waals surface area (Å²) in [6.45, 7) is 1.92. The number of hydrogen-bond donors (Lipinski definition) is 4. The fourth-order valence-corrected chi connectivity index (χ4v) is 3.72. The fourth-order valence-electron chi connectivity index (χ4n) is 3.03. The van der Waals surface area contributed by atoms with Crippen LogP contribution in [-0.4, -0.2) is 84.0 Å². The van der Waals surface area contributed by atoms with Gasteiger partial charge in [-0.25, -0.2) is 14.6 Å². The number of fused-ring (bicyclic) bond motifs is 1. The minimum Gasteiger partial charge on any atom is -0.394 e. The molecule has 0 aliphatic heterocycles. The van der Waals surface area contributed by atoms with Crippen molar-refractivity contribution in [3.8, 4) is 0 Å². The molecule has 2 heterocycles. The van der Waals surface area contributed by atoms with Gasteiger partial charge in [-0.2, -0.15) is 0 Å². The lowest BCUT2D eigenvalue weighted by molar-refractivity contribution is -0.105. The summed E-state index contributed by atoms with van der Waals surface area (Å²) in [4.78, 5) is 19.7. The number of nitrogens with zero attached hydrogens (tertiary/aromatic N) is 5. The summed E-state index contributed by atoms with van der Waals surface area (Å²) in [5.74, 6) is 1.04. The quantitative estimate of drug-likeness (QED) is 0.243. The van der Waals surface area contributed by atoms with Crippen molar-refractivity contribution in [2.75, 3.05) is 24.3 Å². The predicted octanol–water partition coefficient (Wildman–Crippen LogP) is -0.664. The Morgan fingerprint density at radius 3 is 2.89 bits per heavy atom. The molecular formula is C15H22N6O5S. The van der Waals surface area contributed by atoms with Gasteiger partial charge >= 0.3 is 0 Å². The molecule has 2 aromatic heterocycles. The normalized spacial score (nSPS) is 25.2.